The van der Waals surface area contributed by atoms with Crippen LogP contribution in [0.25, 0.3) is 0 Å². The smallest absolute Gasteiger partial charge is 0.462 e. The van der Waals surface area contributed by atoms with Gasteiger partial charge in [-0.1, -0.05) is 376 Å². The summed E-state index contributed by atoms with van der Waals surface area (Å²) in [7, 11) is -9.92. The van der Waals surface area contributed by atoms with Gasteiger partial charge in [-0.05, 0) is 43.4 Å². The number of ether oxygens (including phenoxy) is 4. The van der Waals surface area contributed by atoms with Gasteiger partial charge in [-0.25, -0.2) is 9.13 Å². The molecule has 0 aliphatic carbocycles. The number of aliphatic hydroxyl groups is 1. The summed E-state index contributed by atoms with van der Waals surface area (Å²) in [5.74, 6) is 0.195. The van der Waals surface area contributed by atoms with Crippen molar-refractivity contribution in [2.45, 2.75) is 446 Å². The first kappa shape index (κ1) is 99.1. The largest absolute Gasteiger partial charge is 0.472 e. The molecule has 0 aromatic rings. The highest BCUT2D eigenvalue weighted by molar-refractivity contribution is 7.47. The summed E-state index contributed by atoms with van der Waals surface area (Å²) >= 11 is 0. The molecular weight excluding hydrogens is 1320 g/mol. The number of hydrogen-bond donors (Lipinski definition) is 3. The number of aliphatic hydroxyl groups excluding tert-OH is 1. The second kappa shape index (κ2) is 72.3. The van der Waals surface area contributed by atoms with Crippen molar-refractivity contribution in [2.24, 2.45) is 17.8 Å². The number of phosphoric ester groups is 2. The molecule has 0 saturated carbocycles. The minimum absolute atomic E-state index is 0.107. The lowest BCUT2D eigenvalue weighted by molar-refractivity contribution is -0.161. The number of carbonyl (C=O) groups excluding carboxylic acids is 4. The second-order valence-electron chi connectivity index (χ2n) is 30.9. The van der Waals surface area contributed by atoms with Crippen LogP contribution in [0.3, 0.4) is 0 Å². The Kier molecular flexibility index (Phi) is 70.9. The maximum atomic E-state index is 13.1. The lowest BCUT2D eigenvalue weighted by atomic mass is 10.0. The van der Waals surface area contributed by atoms with Crippen LogP contribution in [0.1, 0.15) is 427 Å². The van der Waals surface area contributed by atoms with E-state index in [4.69, 9.17) is 37.0 Å². The summed E-state index contributed by atoms with van der Waals surface area (Å²) in [6, 6.07) is 0. The lowest BCUT2D eigenvalue weighted by Crippen LogP contribution is -2.30. The summed E-state index contributed by atoms with van der Waals surface area (Å²) in [5.41, 5.74) is 0. The summed E-state index contributed by atoms with van der Waals surface area (Å²) < 4.78 is 68.7. The van der Waals surface area contributed by atoms with E-state index < -0.39 is 97.5 Å². The molecule has 0 aromatic carbocycles. The summed E-state index contributed by atoms with van der Waals surface area (Å²) in [5, 5.41) is 10.6. The third-order valence-electron chi connectivity index (χ3n) is 19.1. The Labute approximate surface area is 619 Å². The molecule has 101 heavy (non-hydrogen) atoms. The molecule has 0 rings (SSSR count). The van der Waals surface area contributed by atoms with E-state index >= 15 is 0 Å². The molecule has 0 aliphatic rings. The molecule has 0 spiro atoms. The van der Waals surface area contributed by atoms with E-state index in [-0.39, 0.29) is 25.7 Å². The van der Waals surface area contributed by atoms with Crippen LogP contribution in [-0.2, 0) is 65.4 Å². The Morgan fingerprint density at radius 1 is 0.267 bits per heavy atom. The molecule has 0 aromatic heterocycles. The van der Waals surface area contributed by atoms with Crippen molar-refractivity contribution >= 4 is 39.5 Å². The molecule has 0 fully saturated rings. The summed E-state index contributed by atoms with van der Waals surface area (Å²) in [4.78, 5) is 73.0. The van der Waals surface area contributed by atoms with Crippen molar-refractivity contribution in [3.63, 3.8) is 0 Å². The molecule has 5 atom stereocenters. The van der Waals surface area contributed by atoms with Crippen molar-refractivity contribution in [2.75, 3.05) is 39.6 Å². The standard InChI is InChI=1S/C82H160O17P2/c1-8-9-10-11-12-13-14-24-32-37-42-51-58-65-82(87)99-78(70-93-80(85)64-57-50-45-44-48-55-62-75(6)7)72-97-101(90,91)95-68-76(83)67-94-100(88,89)96-71-77(69-92-79(84)63-56-49-41-36-31-27-23-19-21-26-30-35-40-47-54-61-74(4)5)98-81(86)66-59-52-43-38-33-28-22-18-16-15-17-20-25-29-34-39-46-53-60-73(2)3/h73-78,83H,8-72H2,1-7H3,(H,88,89)(H,90,91)/t76-,77-,78-/m1/s1. The zero-order valence-corrected chi connectivity index (χ0v) is 68.2. The van der Waals surface area contributed by atoms with Gasteiger partial charge in [0.05, 0.1) is 26.4 Å². The SMILES string of the molecule is CCCCCCCCCCCCCCCC(=O)O[C@H](COC(=O)CCCCCCCCC(C)C)COP(=O)(O)OC[C@H](O)COP(=O)(O)OC[C@@H](COC(=O)CCCCCCCCCCCCCCCCCC(C)C)OC(=O)CCCCCCCCCCCCCCCCCCCCC(C)C. The van der Waals surface area contributed by atoms with Gasteiger partial charge in [0.1, 0.15) is 19.3 Å². The lowest BCUT2D eigenvalue weighted by Gasteiger charge is -2.21. The van der Waals surface area contributed by atoms with Crippen LogP contribution in [-0.4, -0.2) is 96.7 Å². The second-order valence-corrected chi connectivity index (χ2v) is 33.8. The zero-order valence-electron chi connectivity index (χ0n) is 66.4. The molecule has 17 nitrogen and oxygen atoms in total. The van der Waals surface area contributed by atoms with Gasteiger partial charge >= 0.3 is 39.5 Å². The third-order valence-corrected chi connectivity index (χ3v) is 21.0. The molecule has 2 unspecified atom stereocenters. The monoisotopic (exact) mass is 1480 g/mol. The third kappa shape index (κ3) is 76.1. The summed E-state index contributed by atoms with van der Waals surface area (Å²) in [6.07, 6.45) is 61.3. The maximum absolute atomic E-state index is 13.1. The quantitative estimate of drug-likeness (QED) is 0.0222. The Balaban J connectivity index is 5.21. The molecule has 0 saturated heterocycles. The van der Waals surface area contributed by atoms with Crippen LogP contribution < -0.4 is 0 Å². The predicted octanol–water partition coefficient (Wildman–Crippen LogP) is 24.5. The van der Waals surface area contributed by atoms with E-state index in [1.807, 2.05) is 0 Å². The Morgan fingerprint density at radius 2 is 0.455 bits per heavy atom. The van der Waals surface area contributed by atoms with E-state index in [1.165, 1.54) is 231 Å². The number of esters is 4. The topological polar surface area (TPSA) is 237 Å². The first-order chi connectivity index (χ1) is 48.7. The van der Waals surface area contributed by atoms with Gasteiger partial charge in [-0.2, -0.15) is 0 Å². The van der Waals surface area contributed by atoms with Crippen molar-refractivity contribution in [1.82, 2.24) is 0 Å². The molecule has 19 heteroatoms. The van der Waals surface area contributed by atoms with Crippen LogP contribution in [0.4, 0.5) is 0 Å². The van der Waals surface area contributed by atoms with Crippen molar-refractivity contribution < 1.29 is 80.2 Å². The normalized spacial score (nSPS) is 14.0. The van der Waals surface area contributed by atoms with Crippen molar-refractivity contribution in [1.29, 1.82) is 0 Å². The van der Waals surface area contributed by atoms with Crippen LogP contribution >= 0.6 is 15.6 Å². The summed E-state index contributed by atoms with van der Waals surface area (Å²) in [6.45, 7) is 11.9. The van der Waals surface area contributed by atoms with Gasteiger partial charge in [0.25, 0.3) is 0 Å². The van der Waals surface area contributed by atoms with E-state index in [9.17, 15) is 43.2 Å². The van der Waals surface area contributed by atoms with E-state index in [2.05, 4.69) is 48.5 Å². The van der Waals surface area contributed by atoms with Crippen LogP contribution in [0.5, 0.6) is 0 Å². The van der Waals surface area contributed by atoms with Gasteiger partial charge in [0, 0.05) is 25.7 Å². The number of carbonyl (C=O) groups is 4. The van der Waals surface area contributed by atoms with E-state index in [1.54, 1.807) is 0 Å². The van der Waals surface area contributed by atoms with E-state index in [0.29, 0.717) is 31.6 Å². The average molecular weight is 1480 g/mol. The maximum Gasteiger partial charge on any atom is 0.472 e. The minimum Gasteiger partial charge on any atom is -0.462 e. The van der Waals surface area contributed by atoms with Gasteiger partial charge < -0.3 is 33.8 Å². The van der Waals surface area contributed by atoms with Gasteiger partial charge in [-0.3, -0.25) is 37.3 Å². The van der Waals surface area contributed by atoms with Gasteiger partial charge in [0.15, 0.2) is 12.2 Å². The highest BCUT2D eigenvalue weighted by Gasteiger charge is 2.30. The predicted molar refractivity (Wildman–Crippen MR) is 414 cm³/mol. The highest BCUT2D eigenvalue weighted by atomic mass is 31.2. The molecule has 3 N–H and O–H groups in total. The van der Waals surface area contributed by atoms with Gasteiger partial charge in [-0.15, -0.1) is 0 Å². The number of unbranched alkanes of at least 4 members (excludes halogenated alkanes) is 48. The molecule has 0 aliphatic heterocycles. The number of rotatable bonds is 80. The Hall–Kier alpha value is -1.94. The number of hydrogen-bond acceptors (Lipinski definition) is 15. The molecule has 0 heterocycles. The fourth-order valence-corrected chi connectivity index (χ4v) is 14.2. The van der Waals surface area contributed by atoms with Gasteiger partial charge in [0.2, 0.25) is 0 Å². The van der Waals surface area contributed by atoms with Crippen LogP contribution in [0, 0.1) is 17.8 Å². The van der Waals surface area contributed by atoms with Crippen LogP contribution in [0.2, 0.25) is 0 Å². The molecule has 0 bridgehead atoms. The molecular formula is C82H160O17P2. The zero-order chi connectivity index (χ0) is 74.4. The molecule has 0 amide bonds. The Bertz CT molecular complexity index is 1960. The molecule has 0 radical (unpaired) electrons. The minimum atomic E-state index is -4.96. The fraction of sp³-hybridized carbons (Fsp3) is 0.951. The van der Waals surface area contributed by atoms with Crippen LogP contribution in [0.15, 0.2) is 0 Å². The van der Waals surface area contributed by atoms with E-state index in [0.717, 1.165) is 108 Å². The fourth-order valence-electron chi connectivity index (χ4n) is 12.7. The first-order valence-corrected chi connectivity index (χ1v) is 45.3. The van der Waals surface area contributed by atoms with Crippen molar-refractivity contribution in [3.8, 4) is 0 Å². The van der Waals surface area contributed by atoms with Crippen molar-refractivity contribution in [3.05, 3.63) is 0 Å². The Morgan fingerprint density at radius 3 is 0.673 bits per heavy atom. The molecule has 600 valence electrons. The highest BCUT2D eigenvalue weighted by Crippen LogP contribution is 2.45. The number of phosphoric acid groups is 2. The average Bonchev–Trinajstić information content (AvgIpc) is 0.927. The first-order valence-electron chi connectivity index (χ1n) is 42.3.